The first-order valence-electron chi connectivity index (χ1n) is 5.64. The number of carbonyl (C=O) groups excluding carboxylic acids is 1. The van der Waals surface area contributed by atoms with Crippen LogP contribution >= 0.6 is 0 Å². The minimum atomic E-state index is -4.56. The number of anilines is 1. The Morgan fingerprint density at radius 3 is 2.58 bits per heavy atom. The van der Waals surface area contributed by atoms with Crippen molar-refractivity contribution in [3.8, 4) is 5.75 Å². The van der Waals surface area contributed by atoms with E-state index in [9.17, 15) is 18.0 Å². The van der Waals surface area contributed by atoms with E-state index in [4.69, 9.17) is 4.74 Å². The van der Waals surface area contributed by atoms with Crippen molar-refractivity contribution in [3.05, 3.63) is 23.8 Å². The summed E-state index contributed by atoms with van der Waals surface area (Å²) < 4.78 is 43.3. The molecular formula is C12H15F3N2O2. The van der Waals surface area contributed by atoms with Crippen LogP contribution in [0.25, 0.3) is 0 Å². The Labute approximate surface area is 108 Å². The monoisotopic (exact) mass is 276 g/mol. The molecule has 0 heterocycles. The summed E-state index contributed by atoms with van der Waals surface area (Å²) in [5, 5.41) is 4.96. The molecule has 0 aliphatic heterocycles. The number of carbonyl (C=O) groups is 1. The highest BCUT2D eigenvalue weighted by atomic mass is 19.4. The fraction of sp³-hybridized carbons (Fsp3) is 0.417. The van der Waals surface area contributed by atoms with Crippen LogP contribution in [0.15, 0.2) is 18.2 Å². The van der Waals surface area contributed by atoms with Gasteiger partial charge in [-0.2, -0.15) is 13.2 Å². The van der Waals surface area contributed by atoms with Crippen molar-refractivity contribution in [1.29, 1.82) is 0 Å². The predicted molar refractivity (Wildman–Crippen MR) is 65.2 cm³/mol. The molecule has 7 heteroatoms. The van der Waals surface area contributed by atoms with Crippen molar-refractivity contribution in [2.45, 2.75) is 13.1 Å². The van der Waals surface area contributed by atoms with E-state index in [1.54, 1.807) is 6.92 Å². The lowest BCUT2D eigenvalue weighted by Crippen LogP contribution is -2.28. The molecule has 19 heavy (non-hydrogen) atoms. The van der Waals surface area contributed by atoms with Crippen LogP contribution in [0.1, 0.15) is 12.5 Å². The van der Waals surface area contributed by atoms with E-state index in [2.05, 4.69) is 10.6 Å². The van der Waals surface area contributed by atoms with E-state index >= 15 is 0 Å². The molecule has 4 nitrogen and oxygen atoms in total. The van der Waals surface area contributed by atoms with E-state index in [0.29, 0.717) is 6.54 Å². The average Bonchev–Trinajstić information content (AvgIpc) is 2.35. The lowest BCUT2D eigenvalue weighted by Gasteiger charge is -2.15. The third-order valence-corrected chi connectivity index (χ3v) is 2.34. The maximum absolute atomic E-state index is 12.8. The minimum absolute atomic E-state index is 0.0418. The second-order valence-electron chi connectivity index (χ2n) is 3.74. The fourth-order valence-electron chi connectivity index (χ4n) is 1.43. The van der Waals surface area contributed by atoms with Gasteiger partial charge in [0.15, 0.2) is 0 Å². The van der Waals surface area contributed by atoms with Crippen LogP contribution in [0.2, 0.25) is 0 Å². The molecule has 0 saturated heterocycles. The van der Waals surface area contributed by atoms with Crippen LogP contribution in [0.5, 0.6) is 5.75 Å². The summed E-state index contributed by atoms with van der Waals surface area (Å²) >= 11 is 0. The van der Waals surface area contributed by atoms with Gasteiger partial charge in [0.05, 0.1) is 24.9 Å². The summed E-state index contributed by atoms with van der Waals surface area (Å²) in [7, 11) is 1.28. The van der Waals surface area contributed by atoms with Crippen molar-refractivity contribution in [2.24, 2.45) is 0 Å². The maximum Gasteiger partial charge on any atom is 0.418 e. The number of hydrogen-bond acceptors (Lipinski definition) is 3. The van der Waals surface area contributed by atoms with Crippen molar-refractivity contribution in [1.82, 2.24) is 5.32 Å². The number of benzene rings is 1. The van der Waals surface area contributed by atoms with Gasteiger partial charge in [-0.15, -0.1) is 0 Å². The number of methoxy groups -OCH3 is 1. The number of rotatable bonds is 5. The van der Waals surface area contributed by atoms with E-state index < -0.39 is 17.6 Å². The first-order valence-corrected chi connectivity index (χ1v) is 5.64. The van der Waals surface area contributed by atoms with Crippen molar-refractivity contribution in [3.63, 3.8) is 0 Å². The molecule has 0 aliphatic carbocycles. The van der Waals surface area contributed by atoms with Crippen LogP contribution < -0.4 is 15.4 Å². The Kier molecular flexibility index (Phi) is 5.17. The van der Waals surface area contributed by atoms with Crippen LogP contribution in [0, 0.1) is 0 Å². The summed E-state index contributed by atoms with van der Waals surface area (Å²) in [5.74, 6) is -0.450. The number of nitrogens with one attached hydrogen (secondary N) is 2. The normalized spacial score (nSPS) is 11.2. The van der Waals surface area contributed by atoms with Gasteiger partial charge < -0.3 is 15.4 Å². The molecule has 0 aliphatic rings. The van der Waals surface area contributed by atoms with E-state index in [-0.39, 0.29) is 18.0 Å². The maximum atomic E-state index is 12.8. The Morgan fingerprint density at radius 2 is 2.05 bits per heavy atom. The highest BCUT2D eigenvalue weighted by molar-refractivity contribution is 5.93. The molecule has 1 aromatic carbocycles. The molecule has 1 amide bonds. The van der Waals surface area contributed by atoms with Gasteiger partial charge >= 0.3 is 6.18 Å². The summed E-state index contributed by atoms with van der Waals surface area (Å²) in [6.07, 6.45) is -4.56. The molecule has 0 spiro atoms. The molecule has 0 fully saturated rings. The third kappa shape index (κ3) is 4.44. The van der Waals surface area contributed by atoms with Crippen molar-refractivity contribution < 1.29 is 22.7 Å². The molecule has 0 saturated carbocycles. The summed E-state index contributed by atoms with van der Waals surface area (Å²) in [4.78, 5) is 11.4. The second kappa shape index (κ2) is 6.42. The molecule has 0 bridgehead atoms. The van der Waals surface area contributed by atoms with Crippen LogP contribution in [-0.4, -0.2) is 26.1 Å². The largest absolute Gasteiger partial charge is 0.497 e. The van der Waals surface area contributed by atoms with Crippen molar-refractivity contribution in [2.75, 3.05) is 25.5 Å². The molecule has 106 valence electrons. The highest BCUT2D eigenvalue weighted by Gasteiger charge is 2.34. The van der Waals surface area contributed by atoms with Crippen LogP contribution in [-0.2, 0) is 11.0 Å². The number of hydrogen-bond donors (Lipinski definition) is 2. The molecule has 0 atom stereocenters. The lowest BCUT2D eigenvalue weighted by molar-refractivity contribution is -0.137. The first kappa shape index (κ1) is 15.3. The molecular weight excluding hydrogens is 261 g/mol. The van der Waals surface area contributed by atoms with Gasteiger partial charge in [0, 0.05) is 0 Å². The zero-order valence-corrected chi connectivity index (χ0v) is 10.6. The van der Waals surface area contributed by atoms with Gasteiger partial charge in [-0.05, 0) is 24.7 Å². The number of amides is 1. The summed E-state index contributed by atoms with van der Waals surface area (Å²) in [5.41, 5.74) is -1.21. The van der Waals surface area contributed by atoms with E-state index in [1.165, 1.54) is 19.2 Å². The fourth-order valence-corrected chi connectivity index (χ4v) is 1.43. The average molecular weight is 276 g/mol. The van der Waals surface area contributed by atoms with Gasteiger partial charge in [0.25, 0.3) is 0 Å². The molecule has 2 N–H and O–H groups in total. The van der Waals surface area contributed by atoms with Crippen molar-refractivity contribution >= 4 is 11.6 Å². The number of likely N-dealkylation sites (N-methyl/N-ethyl adjacent to an activating group) is 1. The van der Waals surface area contributed by atoms with Gasteiger partial charge in [-0.3, -0.25) is 4.79 Å². The molecule has 1 aromatic rings. The second-order valence-corrected chi connectivity index (χ2v) is 3.74. The van der Waals surface area contributed by atoms with Crippen LogP contribution in [0.4, 0.5) is 18.9 Å². The molecule has 1 rings (SSSR count). The summed E-state index contributed by atoms with van der Waals surface area (Å²) in [6, 6.07) is 3.38. The number of halogens is 3. The van der Waals surface area contributed by atoms with Crippen LogP contribution in [0.3, 0.4) is 0 Å². The SMILES string of the molecule is CCNCC(=O)Nc1ccc(OC)cc1C(F)(F)F. The third-order valence-electron chi connectivity index (χ3n) is 2.34. The minimum Gasteiger partial charge on any atom is -0.497 e. The zero-order chi connectivity index (χ0) is 14.5. The van der Waals surface area contributed by atoms with E-state index in [1.807, 2.05) is 0 Å². The number of ether oxygens (including phenoxy) is 1. The lowest BCUT2D eigenvalue weighted by atomic mass is 10.1. The topological polar surface area (TPSA) is 50.4 Å². The number of alkyl halides is 3. The predicted octanol–water partition coefficient (Wildman–Crippen LogP) is 2.26. The highest BCUT2D eigenvalue weighted by Crippen LogP contribution is 2.37. The Bertz CT molecular complexity index is 447. The quantitative estimate of drug-likeness (QED) is 0.867. The van der Waals surface area contributed by atoms with Gasteiger partial charge in [0.1, 0.15) is 5.75 Å². The van der Waals surface area contributed by atoms with Gasteiger partial charge in [-0.25, -0.2) is 0 Å². The standard InChI is InChI=1S/C12H15F3N2O2/c1-3-16-7-11(18)17-10-5-4-8(19-2)6-9(10)12(13,14)15/h4-6,16H,3,7H2,1-2H3,(H,17,18). The smallest absolute Gasteiger partial charge is 0.418 e. The van der Waals surface area contributed by atoms with Gasteiger partial charge in [-0.1, -0.05) is 6.92 Å². The molecule has 0 unspecified atom stereocenters. The molecule has 0 aromatic heterocycles. The van der Waals surface area contributed by atoms with Gasteiger partial charge in [0.2, 0.25) is 5.91 Å². The Morgan fingerprint density at radius 1 is 1.37 bits per heavy atom. The summed E-state index contributed by atoms with van der Waals surface area (Å²) in [6.45, 7) is 2.31. The Balaban J connectivity index is 2.96. The first-order chi connectivity index (χ1) is 8.88. The zero-order valence-electron chi connectivity index (χ0n) is 10.6. The Hall–Kier alpha value is -1.76. The van der Waals surface area contributed by atoms with E-state index in [0.717, 1.165) is 6.07 Å². The molecule has 0 radical (unpaired) electrons.